The van der Waals surface area contributed by atoms with Crippen molar-refractivity contribution in [2.24, 2.45) is 17.3 Å². The Labute approximate surface area is 103 Å². The van der Waals surface area contributed by atoms with Crippen LogP contribution in [0.2, 0.25) is 0 Å². The van der Waals surface area contributed by atoms with E-state index in [1.807, 2.05) is 0 Å². The first-order chi connectivity index (χ1) is 8.14. The fourth-order valence-corrected chi connectivity index (χ4v) is 3.74. The molecular formula is C14H22O3. The predicted octanol–water partition coefficient (Wildman–Crippen LogP) is 3.03. The molecule has 0 heterocycles. The SMILES string of the molecule is CCCCCCC[C@@]12C(=O)CC[C@H]1[C@H]2C(=O)O. The highest BCUT2D eigenvalue weighted by Gasteiger charge is 2.73. The molecular weight excluding hydrogens is 216 g/mol. The van der Waals surface area contributed by atoms with Gasteiger partial charge < -0.3 is 5.11 Å². The van der Waals surface area contributed by atoms with E-state index in [1.165, 1.54) is 19.3 Å². The number of carboxylic acids is 1. The zero-order chi connectivity index (χ0) is 12.5. The standard InChI is InChI=1S/C14H22O3/c1-2-3-4-5-6-9-14-10(7-8-11(14)15)12(14)13(16)17/h10,12H,2-9H2,1H3,(H,16,17)/t10-,12-,14-/m0/s1. The van der Waals surface area contributed by atoms with E-state index in [4.69, 9.17) is 5.11 Å². The monoisotopic (exact) mass is 238 g/mol. The molecule has 17 heavy (non-hydrogen) atoms. The summed E-state index contributed by atoms with van der Waals surface area (Å²) in [5.41, 5.74) is -0.432. The average Bonchev–Trinajstić information content (AvgIpc) is 2.85. The molecule has 2 aliphatic rings. The first-order valence-corrected chi connectivity index (χ1v) is 6.90. The number of rotatable bonds is 7. The van der Waals surface area contributed by atoms with Gasteiger partial charge in [-0.15, -0.1) is 0 Å². The topological polar surface area (TPSA) is 54.4 Å². The van der Waals surface area contributed by atoms with Crippen LogP contribution in [0.1, 0.15) is 58.3 Å². The molecule has 0 unspecified atom stereocenters. The molecule has 0 aromatic rings. The van der Waals surface area contributed by atoms with Crippen molar-refractivity contribution in [1.82, 2.24) is 0 Å². The van der Waals surface area contributed by atoms with Crippen molar-refractivity contribution in [2.75, 3.05) is 0 Å². The lowest BCUT2D eigenvalue weighted by atomic mass is 9.91. The molecule has 0 amide bonds. The number of carbonyl (C=O) groups excluding carboxylic acids is 1. The summed E-state index contributed by atoms with van der Waals surface area (Å²) >= 11 is 0. The lowest BCUT2D eigenvalue weighted by Crippen LogP contribution is -2.19. The molecule has 2 aliphatic carbocycles. The van der Waals surface area contributed by atoms with Gasteiger partial charge in [0.1, 0.15) is 5.78 Å². The molecule has 0 aromatic heterocycles. The summed E-state index contributed by atoms with van der Waals surface area (Å²) in [6.07, 6.45) is 8.07. The number of hydrogen-bond acceptors (Lipinski definition) is 2. The third-order valence-electron chi connectivity index (χ3n) is 4.67. The van der Waals surface area contributed by atoms with E-state index in [9.17, 15) is 9.59 Å². The van der Waals surface area contributed by atoms with Crippen LogP contribution in [0.4, 0.5) is 0 Å². The minimum atomic E-state index is -0.753. The van der Waals surface area contributed by atoms with Crippen molar-refractivity contribution >= 4 is 11.8 Å². The fraction of sp³-hybridized carbons (Fsp3) is 0.857. The van der Waals surface area contributed by atoms with Crippen molar-refractivity contribution in [3.63, 3.8) is 0 Å². The molecule has 3 nitrogen and oxygen atoms in total. The smallest absolute Gasteiger partial charge is 0.307 e. The summed E-state index contributed by atoms with van der Waals surface area (Å²) in [4.78, 5) is 23.0. The van der Waals surface area contributed by atoms with Crippen LogP contribution in [-0.2, 0) is 9.59 Å². The van der Waals surface area contributed by atoms with Gasteiger partial charge in [-0.3, -0.25) is 9.59 Å². The van der Waals surface area contributed by atoms with Crippen LogP contribution in [0.15, 0.2) is 0 Å². The summed E-state index contributed by atoms with van der Waals surface area (Å²) in [5.74, 6) is -0.712. The fourth-order valence-electron chi connectivity index (χ4n) is 3.74. The van der Waals surface area contributed by atoms with Crippen molar-refractivity contribution < 1.29 is 14.7 Å². The van der Waals surface area contributed by atoms with Crippen LogP contribution < -0.4 is 0 Å². The van der Waals surface area contributed by atoms with Gasteiger partial charge in [-0.1, -0.05) is 39.0 Å². The molecule has 0 saturated heterocycles. The molecule has 2 rings (SSSR count). The molecule has 96 valence electrons. The molecule has 3 atom stereocenters. The maximum Gasteiger partial charge on any atom is 0.307 e. The Morgan fingerprint density at radius 3 is 2.65 bits per heavy atom. The van der Waals surface area contributed by atoms with Gasteiger partial charge in [-0.25, -0.2) is 0 Å². The second-order valence-electron chi connectivity index (χ2n) is 5.59. The van der Waals surface area contributed by atoms with Gasteiger partial charge in [-0.2, -0.15) is 0 Å². The van der Waals surface area contributed by atoms with E-state index in [2.05, 4.69) is 6.92 Å². The highest BCUT2D eigenvalue weighted by atomic mass is 16.4. The van der Waals surface area contributed by atoms with E-state index in [1.54, 1.807) is 0 Å². The number of fused-ring (bicyclic) bond motifs is 1. The molecule has 1 N–H and O–H groups in total. The van der Waals surface area contributed by atoms with Crippen molar-refractivity contribution in [3.8, 4) is 0 Å². The maximum atomic E-state index is 11.9. The lowest BCUT2D eigenvalue weighted by molar-refractivity contribution is -0.142. The molecule has 0 aliphatic heterocycles. The zero-order valence-corrected chi connectivity index (χ0v) is 10.6. The first-order valence-electron chi connectivity index (χ1n) is 6.90. The number of aliphatic carboxylic acids is 1. The molecule has 0 spiro atoms. The molecule has 2 saturated carbocycles. The minimum absolute atomic E-state index is 0.165. The maximum absolute atomic E-state index is 11.9. The number of carboxylic acid groups (broad SMARTS) is 1. The van der Waals surface area contributed by atoms with Crippen molar-refractivity contribution in [2.45, 2.75) is 58.3 Å². The number of hydrogen-bond donors (Lipinski definition) is 1. The van der Waals surface area contributed by atoms with Gasteiger partial charge in [0.05, 0.1) is 5.92 Å². The third-order valence-corrected chi connectivity index (χ3v) is 4.67. The predicted molar refractivity (Wildman–Crippen MR) is 64.7 cm³/mol. The highest BCUT2D eigenvalue weighted by molar-refractivity contribution is 5.98. The van der Waals surface area contributed by atoms with Crippen LogP contribution in [0.5, 0.6) is 0 Å². The highest BCUT2D eigenvalue weighted by Crippen LogP contribution is 2.68. The summed E-state index contributed by atoms with van der Waals surface area (Å²) < 4.78 is 0. The quantitative estimate of drug-likeness (QED) is 0.694. The Hall–Kier alpha value is -0.860. The van der Waals surface area contributed by atoms with Crippen LogP contribution in [0.3, 0.4) is 0 Å². The molecule has 2 fully saturated rings. The van der Waals surface area contributed by atoms with Crippen molar-refractivity contribution in [1.29, 1.82) is 0 Å². The van der Waals surface area contributed by atoms with Crippen LogP contribution in [0.25, 0.3) is 0 Å². The Kier molecular flexibility index (Phi) is 3.55. The van der Waals surface area contributed by atoms with E-state index in [-0.39, 0.29) is 17.6 Å². The lowest BCUT2D eigenvalue weighted by Gasteiger charge is -2.12. The van der Waals surface area contributed by atoms with Crippen LogP contribution in [0, 0.1) is 17.3 Å². The van der Waals surface area contributed by atoms with Gasteiger partial charge in [0.2, 0.25) is 0 Å². The molecule has 0 bridgehead atoms. The molecule has 0 aromatic carbocycles. The zero-order valence-electron chi connectivity index (χ0n) is 10.6. The molecule has 0 radical (unpaired) electrons. The van der Waals surface area contributed by atoms with Gasteiger partial charge in [-0.05, 0) is 18.8 Å². The number of ketones is 1. The van der Waals surface area contributed by atoms with Gasteiger partial charge in [0, 0.05) is 11.8 Å². The first kappa shape index (κ1) is 12.6. The van der Waals surface area contributed by atoms with Crippen molar-refractivity contribution in [3.05, 3.63) is 0 Å². The Morgan fingerprint density at radius 2 is 2.06 bits per heavy atom. The second-order valence-corrected chi connectivity index (χ2v) is 5.59. The average molecular weight is 238 g/mol. The summed E-state index contributed by atoms with van der Waals surface area (Å²) in [6, 6.07) is 0. The van der Waals surface area contributed by atoms with E-state index in [0.717, 1.165) is 25.7 Å². The number of unbranched alkanes of at least 4 members (excludes halogenated alkanes) is 4. The Balaban J connectivity index is 1.85. The number of Topliss-reactive ketones (excluding diaryl/α,β-unsaturated/α-hetero) is 1. The van der Waals surface area contributed by atoms with Gasteiger partial charge >= 0.3 is 5.97 Å². The normalized spacial score (nSPS) is 34.8. The van der Waals surface area contributed by atoms with Crippen LogP contribution >= 0.6 is 0 Å². The minimum Gasteiger partial charge on any atom is -0.481 e. The van der Waals surface area contributed by atoms with E-state index >= 15 is 0 Å². The summed E-state index contributed by atoms with van der Waals surface area (Å²) in [6.45, 7) is 2.18. The summed E-state index contributed by atoms with van der Waals surface area (Å²) in [7, 11) is 0. The largest absolute Gasteiger partial charge is 0.481 e. The summed E-state index contributed by atoms with van der Waals surface area (Å²) in [5, 5.41) is 9.13. The van der Waals surface area contributed by atoms with E-state index < -0.39 is 11.4 Å². The molecule has 3 heteroatoms. The van der Waals surface area contributed by atoms with Crippen LogP contribution in [-0.4, -0.2) is 16.9 Å². The Bertz CT molecular complexity index is 323. The van der Waals surface area contributed by atoms with E-state index in [0.29, 0.717) is 6.42 Å². The third kappa shape index (κ3) is 2.00. The van der Waals surface area contributed by atoms with Gasteiger partial charge in [0.15, 0.2) is 0 Å². The van der Waals surface area contributed by atoms with Gasteiger partial charge in [0.25, 0.3) is 0 Å². The Morgan fingerprint density at radius 1 is 1.35 bits per heavy atom. The number of carbonyl (C=O) groups is 2. The second kappa shape index (κ2) is 4.79.